The molecule has 0 heterocycles. The lowest BCUT2D eigenvalue weighted by Gasteiger charge is -2.15. The van der Waals surface area contributed by atoms with Crippen LogP contribution in [-0.2, 0) is 10.0 Å². The van der Waals surface area contributed by atoms with E-state index < -0.39 is 10.0 Å². The third kappa shape index (κ3) is 7.69. The molecule has 0 atom stereocenters. The van der Waals surface area contributed by atoms with Gasteiger partial charge in [-0.15, -0.1) is 0 Å². The minimum atomic E-state index is -3.55. The van der Waals surface area contributed by atoms with Gasteiger partial charge < -0.3 is 14.8 Å². The third-order valence-electron chi connectivity index (χ3n) is 4.53. The van der Waals surface area contributed by atoms with Crippen molar-refractivity contribution in [1.29, 1.82) is 0 Å². The quantitative estimate of drug-likeness (QED) is 0.277. The topological polar surface area (TPSA) is 92.3 Å². The number of rotatable bonds is 11. The Labute approximate surface area is 202 Å². The van der Waals surface area contributed by atoms with E-state index in [4.69, 9.17) is 21.7 Å². The Morgan fingerprint density at radius 3 is 2.45 bits per heavy atom. The smallest absolute Gasteiger partial charge is 0.242 e. The van der Waals surface area contributed by atoms with E-state index in [2.05, 4.69) is 22.8 Å². The Balaban J connectivity index is 2.11. The van der Waals surface area contributed by atoms with Crippen molar-refractivity contribution >= 4 is 39.3 Å². The molecule has 33 heavy (non-hydrogen) atoms. The fourth-order valence-electron chi connectivity index (χ4n) is 2.69. The SMILES string of the molecule is CCCOc1ccc(C=NNC(=S)Nc2cc(S(=O)(=O)N(C)C)ccc2C)c(OCCC)c1. The molecule has 0 amide bonds. The second-order valence-electron chi connectivity index (χ2n) is 7.48. The van der Waals surface area contributed by atoms with Crippen LogP contribution >= 0.6 is 12.2 Å². The van der Waals surface area contributed by atoms with Gasteiger partial charge in [0.05, 0.1) is 24.3 Å². The van der Waals surface area contributed by atoms with E-state index in [1.54, 1.807) is 24.4 Å². The molecule has 0 saturated carbocycles. The fraction of sp³-hybridized carbons (Fsp3) is 0.391. The minimum Gasteiger partial charge on any atom is -0.493 e. The summed E-state index contributed by atoms with van der Waals surface area (Å²) in [6.07, 6.45) is 3.42. The van der Waals surface area contributed by atoms with Crippen molar-refractivity contribution in [2.24, 2.45) is 5.10 Å². The first-order valence-corrected chi connectivity index (χ1v) is 12.6. The van der Waals surface area contributed by atoms with Gasteiger partial charge in [-0.2, -0.15) is 5.10 Å². The van der Waals surface area contributed by atoms with E-state index in [-0.39, 0.29) is 10.0 Å². The zero-order chi connectivity index (χ0) is 24.4. The van der Waals surface area contributed by atoms with Crippen LogP contribution < -0.4 is 20.2 Å². The molecule has 0 aliphatic carbocycles. The molecule has 0 aliphatic heterocycles. The summed E-state index contributed by atoms with van der Waals surface area (Å²) in [5, 5.41) is 7.43. The van der Waals surface area contributed by atoms with Crippen LogP contribution in [0, 0.1) is 6.92 Å². The van der Waals surface area contributed by atoms with Gasteiger partial charge in [0.1, 0.15) is 11.5 Å². The van der Waals surface area contributed by atoms with Gasteiger partial charge >= 0.3 is 0 Å². The molecule has 0 unspecified atom stereocenters. The van der Waals surface area contributed by atoms with Crippen LogP contribution in [0.1, 0.15) is 37.8 Å². The maximum absolute atomic E-state index is 12.4. The number of aryl methyl sites for hydroxylation is 1. The van der Waals surface area contributed by atoms with E-state index in [9.17, 15) is 8.42 Å². The highest BCUT2D eigenvalue weighted by Gasteiger charge is 2.18. The summed E-state index contributed by atoms with van der Waals surface area (Å²) in [6.45, 7) is 7.17. The Kier molecular flexibility index (Phi) is 10.1. The molecule has 0 saturated heterocycles. The number of anilines is 1. The second kappa shape index (κ2) is 12.5. The van der Waals surface area contributed by atoms with Crippen LogP contribution in [0.25, 0.3) is 0 Å². The molecule has 2 rings (SSSR count). The molecule has 2 N–H and O–H groups in total. The van der Waals surface area contributed by atoms with Crippen molar-refractivity contribution in [2.75, 3.05) is 32.6 Å². The summed E-state index contributed by atoms with van der Waals surface area (Å²) < 4.78 is 37.5. The van der Waals surface area contributed by atoms with Crippen LogP contribution in [0.5, 0.6) is 11.5 Å². The summed E-state index contributed by atoms with van der Waals surface area (Å²) in [5.41, 5.74) is 4.96. The van der Waals surface area contributed by atoms with E-state index in [1.807, 2.05) is 32.0 Å². The van der Waals surface area contributed by atoms with Gasteiger partial charge in [-0.3, -0.25) is 5.43 Å². The number of hydrogen-bond acceptors (Lipinski definition) is 6. The Morgan fingerprint density at radius 2 is 1.79 bits per heavy atom. The summed E-state index contributed by atoms with van der Waals surface area (Å²) in [6, 6.07) is 10.4. The maximum Gasteiger partial charge on any atom is 0.242 e. The van der Waals surface area contributed by atoms with Crippen molar-refractivity contribution < 1.29 is 17.9 Å². The average molecular weight is 493 g/mol. The van der Waals surface area contributed by atoms with E-state index >= 15 is 0 Å². The molecule has 2 aromatic carbocycles. The van der Waals surface area contributed by atoms with Crippen LogP contribution in [0.2, 0.25) is 0 Å². The largest absolute Gasteiger partial charge is 0.493 e. The molecule has 0 aromatic heterocycles. The number of nitrogens with zero attached hydrogens (tertiary/aromatic N) is 2. The van der Waals surface area contributed by atoms with E-state index in [1.165, 1.54) is 18.4 Å². The molecular weight excluding hydrogens is 460 g/mol. The number of sulfonamides is 1. The van der Waals surface area contributed by atoms with Gasteiger partial charge in [-0.1, -0.05) is 19.9 Å². The van der Waals surface area contributed by atoms with Gasteiger partial charge in [0.15, 0.2) is 5.11 Å². The summed E-state index contributed by atoms with van der Waals surface area (Å²) in [5.74, 6) is 1.42. The van der Waals surface area contributed by atoms with Crippen LogP contribution in [0.15, 0.2) is 46.4 Å². The molecular formula is C23H32N4O4S2. The van der Waals surface area contributed by atoms with Gasteiger partial charge in [0, 0.05) is 31.4 Å². The minimum absolute atomic E-state index is 0.176. The molecule has 0 aliphatic rings. The van der Waals surface area contributed by atoms with Crippen LogP contribution in [0.3, 0.4) is 0 Å². The van der Waals surface area contributed by atoms with Crippen LogP contribution in [-0.4, -0.2) is 51.4 Å². The number of hydrogen-bond donors (Lipinski definition) is 2. The predicted molar refractivity (Wildman–Crippen MR) is 137 cm³/mol. The predicted octanol–water partition coefficient (Wildman–Crippen LogP) is 4.14. The summed E-state index contributed by atoms with van der Waals surface area (Å²) >= 11 is 5.32. The first kappa shape index (κ1) is 26.6. The lowest BCUT2D eigenvalue weighted by molar-refractivity contribution is 0.301. The maximum atomic E-state index is 12.4. The number of hydrazone groups is 1. The van der Waals surface area contributed by atoms with Gasteiger partial charge in [0.25, 0.3) is 0 Å². The lowest BCUT2D eigenvalue weighted by Crippen LogP contribution is -2.25. The molecule has 2 aromatic rings. The second-order valence-corrected chi connectivity index (χ2v) is 10.0. The Bertz CT molecular complexity index is 1090. The monoisotopic (exact) mass is 492 g/mol. The average Bonchev–Trinajstić information content (AvgIpc) is 2.78. The van der Waals surface area contributed by atoms with Crippen molar-refractivity contribution in [2.45, 2.75) is 38.5 Å². The normalized spacial score (nSPS) is 11.6. The first-order valence-electron chi connectivity index (χ1n) is 10.7. The van der Waals surface area contributed by atoms with Crippen molar-refractivity contribution in [3.63, 3.8) is 0 Å². The van der Waals surface area contributed by atoms with Gasteiger partial charge in [-0.05, 0) is 61.8 Å². The third-order valence-corrected chi connectivity index (χ3v) is 6.53. The lowest BCUT2D eigenvalue weighted by atomic mass is 10.2. The number of ether oxygens (including phenoxy) is 2. The fourth-order valence-corrected chi connectivity index (χ4v) is 3.78. The highest BCUT2D eigenvalue weighted by Crippen LogP contribution is 2.25. The van der Waals surface area contributed by atoms with Gasteiger partial charge in [0.2, 0.25) is 10.0 Å². The molecule has 10 heteroatoms. The zero-order valence-corrected chi connectivity index (χ0v) is 21.3. The van der Waals surface area contributed by atoms with E-state index in [0.717, 1.165) is 29.7 Å². The standard InChI is InChI=1S/C23H32N4O4S2/c1-6-12-30-19-10-9-18(22(14-19)31-13-7-2)16-24-26-23(32)25-21-15-20(11-8-17(21)3)33(28,29)27(4)5/h8-11,14-16H,6-7,12-13H2,1-5H3,(H2,25,26,32). The zero-order valence-electron chi connectivity index (χ0n) is 19.7. The Hall–Kier alpha value is -2.69. The number of nitrogens with one attached hydrogen (secondary N) is 2. The molecule has 8 nitrogen and oxygen atoms in total. The highest BCUT2D eigenvalue weighted by molar-refractivity contribution is 7.89. The molecule has 0 spiro atoms. The highest BCUT2D eigenvalue weighted by atomic mass is 32.2. The molecule has 0 bridgehead atoms. The first-order chi connectivity index (χ1) is 15.7. The molecule has 0 fully saturated rings. The van der Waals surface area contributed by atoms with Crippen molar-refractivity contribution in [3.8, 4) is 11.5 Å². The Morgan fingerprint density at radius 1 is 1.09 bits per heavy atom. The van der Waals surface area contributed by atoms with Crippen LogP contribution in [0.4, 0.5) is 5.69 Å². The van der Waals surface area contributed by atoms with E-state index in [0.29, 0.717) is 24.7 Å². The number of thiocarbonyl (C=S) groups is 1. The number of benzene rings is 2. The van der Waals surface area contributed by atoms with Crippen molar-refractivity contribution in [1.82, 2.24) is 9.73 Å². The molecule has 180 valence electrons. The van der Waals surface area contributed by atoms with Gasteiger partial charge in [-0.25, -0.2) is 12.7 Å². The summed E-state index contributed by atoms with van der Waals surface area (Å²) in [7, 11) is -0.571. The summed E-state index contributed by atoms with van der Waals surface area (Å²) in [4.78, 5) is 0.176. The van der Waals surface area contributed by atoms with Crippen molar-refractivity contribution in [3.05, 3.63) is 47.5 Å². The molecule has 0 radical (unpaired) electrons.